The van der Waals surface area contributed by atoms with E-state index in [9.17, 15) is 10.1 Å². The average Bonchev–Trinajstić information content (AvgIpc) is 2.13. The molecule has 1 aliphatic rings. The summed E-state index contributed by atoms with van der Waals surface area (Å²) >= 11 is 3.15. The summed E-state index contributed by atoms with van der Waals surface area (Å²) in [7, 11) is 0. The highest BCUT2D eigenvalue weighted by Gasteiger charge is 2.18. The van der Waals surface area contributed by atoms with Gasteiger partial charge in [0.05, 0.1) is 15.4 Å². The average molecular weight is 272 g/mol. The van der Waals surface area contributed by atoms with Crippen LogP contribution in [0.1, 0.15) is 0 Å². The molecule has 0 aliphatic carbocycles. The second-order valence-corrected chi connectivity index (χ2v) is 4.28. The Balaban J connectivity index is 2.17. The molecule has 0 amide bonds. The van der Waals surface area contributed by atoms with Crippen molar-refractivity contribution in [2.45, 2.75) is 6.04 Å². The van der Waals surface area contributed by atoms with Crippen LogP contribution in [-0.4, -0.2) is 24.1 Å². The summed E-state index contributed by atoms with van der Waals surface area (Å²) < 4.78 is 0.504. The lowest BCUT2D eigenvalue weighted by Gasteiger charge is -2.28. The fourth-order valence-electron chi connectivity index (χ4n) is 1.37. The first-order valence-electron chi connectivity index (χ1n) is 4.58. The predicted molar refractivity (Wildman–Crippen MR) is 61.1 cm³/mol. The van der Waals surface area contributed by atoms with E-state index in [0.717, 1.165) is 18.8 Å². The Labute approximate surface area is 95.1 Å². The molecule has 0 unspecified atom stereocenters. The van der Waals surface area contributed by atoms with Crippen molar-refractivity contribution >= 4 is 27.3 Å². The first kappa shape index (κ1) is 10.4. The van der Waals surface area contributed by atoms with Crippen molar-refractivity contribution in [3.8, 4) is 0 Å². The maximum Gasteiger partial charge on any atom is 0.285 e. The number of nitro benzene ring substituents is 1. The van der Waals surface area contributed by atoms with Crippen molar-refractivity contribution < 1.29 is 4.92 Å². The topological polar surface area (TPSA) is 67.2 Å². The van der Waals surface area contributed by atoms with Crippen molar-refractivity contribution in [2.75, 3.05) is 18.4 Å². The smallest absolute Gasteiger partial charge is 0.285 e. The molecular formula is C9H10BrN3O2. The maximum absolute atomic E-state index is 10.7. The fourth-order valence-corrected chi connectivity index (χ4v) is 1.76. The Morgan fingerprint density at radius 3 is 2.80 bits per heavy atom. The molecule has 0 atom stereocenters. The number of rotatable bonds is 3. The number of halogens is 1. The minimum absolute atomic E-state index is 0.0901. The van der Waals surface area contributed by atoms with Gasteiger partial charge in [-0.1, -0.05) is 0 Å². The molecule has 0 aromatic heterocycles. The first-order chi connectivity index (χ1) is 7.16. The summed E-state index contributed by atoms with van der Waals surface area (Å²) in [6.45, 7) is 1.81. The molecule has 2 rings (SSSR count). The zero-order chi connectivity index (χ0) is 10.8. The second kappa shape index (κ2) is 4.16. The molecule has 1 aliphatic heterocycles. The van der Waals surface area contributed by atoms with Gasteiger partial charge in [-0.3, -0.25) is 10.1 Å². The van der Waals surface area contributed by atoms with Crippen LogP contribution in [0.25, 0.3) is 0 Å². The minimum Gasteiger partial charge on any atom is -0.380 e. The molecule has 1 saturated heterocycles. The van der Waals surface area contributed by atoms with E-state index in [2.05, 4.69) is 26.6 Å². The Kier molecular flexibility index (Phi) is 2.88. The van der Waals surface area contributed by atoms with Gasteiger partial charge in [-0.2, -0.15) is 0 Å². The van der Waals surface area contributed by atoms with Gasteiger partial charge >= 0.3 is 0 Å². The molecule has 1 heterocycles. The van der Waals surface area contributed by atoms with Crippen LogP contribution in [0, 0.1) is 10.1 Å². The van der Waals surface area contributed by atoms with Gasteiger partial charge in [0.1, 0.15) is 0 Å². The van der Waals surface area contributed by atoms with Gasteiger partial charge < -0.3 is 10.6 Å². The van der Waals surface area contributed by atoms with Crippen LogP contribution in [0.2, 0.25) is 0 Å². The van der Waals surface area contributed by atoms with Gasteiger partial charge in [-0.25, -0.2) is 0 Å². The second-order valence-electron chi connectivity index (χ2n) is 3.42. The zero-order valence-corrected chi connectivity index (χ0v) is 9.45. The zero-order valence-electron chi connectivity index (χ0n) is 7.87. The van der Waals surface area contributed by atoms with Crippen LogP contribution < -0.4 is 10.6 Å². The molecule has 1 aromatic carbocycles. The highest BCUT2D eigenvalue weighted by molar-refractivity contribution is 9.10. The maximum atomic E-state index is 10.7. The Bertz CT molecular complexity index is 393. The van der Waals surface area contributed by atoms with E-state index in [4.69, 9.17) is 0 Å². The number of nitro groups is 1. The van der Waals surface area contributed by atoms with Gasteiger partial charge in [0.15, 0.2) is 0 Å². The van der Waals surface area contributed by atoms with E-state index in [1.54, 1.807) is 12.1 Å². The van der Waals surface area contributed by atoms with Crippen LogP contribution in [-0.2, 0) is 0 Å². The molecule has 5 nitrogen and oxygen atoms in total. The number of nitrogens with one attached hydrogen (secondary N) is 2. The van der Waals surface area contributed by atoms with Gasteiger partial charge in [-0.05, 0) is 28.1 Å². The SMILES string of the molecule is O=[N+]([O-])c1cc(NC2CNC2)ccc1Br. The summed E-state index contributed by atoms with van der Waals surface area (Å²) in [4.78, 5) is 10.3. The van der Waals surface area contributed by atoms with Crippen LogP contribution >= 0.6 is 15.9 Å². The Hall–Kier alpha value is -1.14. The third-order valence-electron chi connectivity index (χ3n) is 2.30. The van der Waals surface area contributed by atoms with Gasteiger partial charge in [0, 0.05) is 24.8 Å². The van der Waals surface area contributed by atoms with E-state index < -0.39 is 4.92 Å². The number of benzene rings is 1. The Morgan fingerprint density at radius 2 is 2.27 bits per heavy atom. The van der Waals surface area contributed by atoms with Crippen LogP contribution in [0.15, 0.2) is 22.7 Å². The first-order valence-corrected chi connectivity index (χ1v) is 5.37. The molecule has 0 bridgehead atoms. The summed E-state index contributed by atoms with van der Waals surface area (Å²) in [5, 5.41) is 17.0. The summed E-state index contributed by atoms with van der Waals surface area (Å²) in [6.07, 6.45) is 0. The number of hydrogen-bond donors (Lipinski definition) is 2. The molecule has 0 saturated carbocycles. The third kappa shape index (κ3) is 2.27. The van der Waals surface area contributed by atoms with E-state index in [1.165, 1.54) is 0 Å². The normalized spacial score (nSPS) is 15.8. The lowest BCUT2D eigenvalue weighted by atomic mass is 10.1. The van der Waals surface area contributed by atoms with Crippen molar-refractivity contribution in [2.24, 2.45) is 0 Å². The molecule has 0 radical (unpaired) electrons. The number of hydrogen-bond acceptors (Lipinski definition) is 4. The molecule has 0 spiro atoms. The van der Waals surface area contributed by atoms with E-state index >= 15 is 0 Å². The van der Waals surface area contributed by atoms with Gasteiger partial charge in [0.25, 0.3) is 5.69 Å². The van der Waals surface area contributed by atoms with E-state index in [-0.39, 0.29) is 5.69 Å². The standard InChI is InChI=1S/C9H10BrN3O2/c10-8-2-1-6(3-9(8)13(14)15)12-7-4-11-5-7/h1-3,7,11-12H,4-5H2. The van der Waals surface area contributed by atoms with Crippen molar-refractivity contribution in [3.05, 3.63) is 32.8 Å². The lowest BCUT2D eigenvalue weighted by molar-refractivity contribution is -0.385. The van der Waals surface area contributed by atoms with Crippen molar-refractivity contribution in [1.29, 1.82) is 0 Å². The van der Waals surface area contributed by atoms with Crippen LogP contribution in [0.5, 0.6) is 0 Å². The number of nitrogens with zero attached hydrogens (tertiary/aromatic N) is 1. The van der Waals surface area contributed by atoms with Crippen molar-refractivity contribution in [1.82, 2.24) is 5.32 Å². The van der Waals surface area contributed by atoms with E-state index in [1.807, 2.05) is 6.07 Å². The largest absolute Gasteiger partial charge is 0.380 e. The monoisotopic (exact) mass is 271 g/mol. The third-order valence-corrected chi connectivity index (χ3v) is 2.97. The molecule has 1 fully saturated rings. The lowest BCUT2D eigenvalue weighted by Crippen LogP contribution is -2.51. The summed E-state index contributed by atoms with van der Waals surface area (Å²) in [6, 6.07) is 5.44. The Morgan fingerprint density at radius 1 is 1.53 bits per heavy atom. The summed E-state index contributed by atoms with van der Waals surface area (Å²) in [5.74, 6) is 0. The molecule has 2 N–H and O–H groups in total. The minimum atomic E-state index is -0.395. The molecule has 15 heavy (non-hydrogen) atoms. The van der Waals surface area contributed by atoms with E-state index in [0.29, 0.717) is 10.5 Å². The molecule has 6 heteroatoms. The fraction of sp³-hybridized carbons (Fsp3) is 0.333. The molecule has 1 aromatic rings. The highest BCUT2D eigenvalue weighted by atomic mass is 79.9. The quantitative estimate of drug-likeness (QED) is 0.649. The van der Waals surface area contributed by atoms with Crippen LogP contribution in [0.3, 0.4) is 0 Å². The number of anilines is 1. The van der Waals surface area contributed by atoms with Gasteiger partial charge in [0.2, 0.25) is 0 Å². The van der Waals surface area contributed by atoms with Gasteiger partial charge in [-0.15, -0.1) is 0 Å². The van der Waals surface area contributed by atoms with Crippen molar-refractivity contribution in [3.63, 3.8) is 0 Å². The summed E-state index contributed by atoms with van der Waals surface area (Å²) in [5.41, 5.74) is 0.878. The molecular weight excluding hydrogens is 262 g/mol. The highest BCUT2D eigenvalue weighted by Crippen LogP contribution is 2.28. The molecule has 80 valence electrons. The van der Waals surface area contributed by atoms with Crippen LogP contribution in [0.4, 0.5) is 11.4 Å². The predicted octanol–water partition coefficient (Wildman–Crippen LogP) is 1.74.